The summed E-state index contributed by atoms with van der Waals surface area (Å²) in [6.07, 6.45) is 2.83. The van der Waals surface area contributed by atoms with E-state index in [1.165, 1.54) is 12.8 Å². The van der Waals surface area contributed by atoms with E-state index in [1.807, 2.05) is 18.2 Å². The lowest BCUT2D eigenvalue weighted by Crippen LogP contribution is -2.22. The van der Waals surface area contributed by atoms with E-state index >= 15 is 0 Å². The van der Waals surface area contributed by atoms with E-state index < -0.39 is 0 Å². The Morgan fingerprint density at radius 3 is 3.00 bits per heavy atom. The predicted molar refractivity (Wildman–Crippen MR) is 64.4 cm³/mol. The van der Waals surface area contributed by atoms with Gasteiger partial charge in [0.1, 0.15) is 0 Å². The molecule has 1 aliphatic carbocycles. The minimum atomic E-state index is 0.689. The van der Waals surface area contributed by atoms with E-state index in [-0.39, 0.29) is 0 Å². The lowest BCUT2D eigenvalue weighted by atomic mass is 10.1. The Hall–Kier alpha value is -1.09. The maximum Gasteiger partial charge on any atom is 0.213 e. The van der Waals surface area contributed by atoms with Gasteiger partial charge in [-0.2, -0.15) is 0 Å². The SMILES string of the molecule is COc1cccc(CNCC(C)C2CC2)n1. The van der Waals surface area contributed by atoms with Gasteiger partial charge in [0.15, 0.2) is 0 Å². The molecule has 2 rings (SSSR count). The quantitative estimate of drug-likeness (QED) is 0.798. The topological polar surface area (TPSA) is 34.1 Å². The van der Waals surface area contributed by atoms with Gasteiger partial charge in [0.25, 0.3) is 0 Å². The van der Waals surface area contributed by atoms with Gasteiger partial charge in [0.2, 0.25) is 5.88 Å². The number of methoxy groups -OCH3 is 1. The van der Waals surface area contributed by atoms with Crippen LogP contribution in [0.5, 0.6) is 5.88 Å². The molecule has 1 fully saturated rings. The highest BCUT2D eigenvalue weighted by atomic mass is 16.5. The Morgan fingerprint density at radius 2 is 2.31 bits per heavy atom. The Bertz CT molecular complexity index is 336. The number of rotatable bonds is 6. The second-order valence-electron chi connectivity index (χ2n) is 4.62. The van der Waals surface area contributed by atoms with Crippen molar-refractivity contribution < 1.29 is 4.74 Å². The van der Waals surface area contributed by atoms with Gasteiger partial charge in [-0.25, -0.2) is 4.98 Å². The molecule has 1 saturated carbocycles. The van der Waals surface area contributed by atoms with Crippen LogP contribution in [0.3, 0.4) is 0 Å². The van der Waals surface area contributed by atoms with E-state index in [2.05, 4.69) is 17.2 Å². The number of pyridine rings is 1. The van der Waals surface area contributed by atoms with Crippen LogP contribution < -0.4 is 10.1 Å². The standard InChI is InChI=1S/C13H20N2O/c1-10(11-6-7-11)8-14-9-12-4-3-5-13(15-12)16-2/h3-5,10-11,14H,6-9H2,1-2H3. The second-order valence-corrected chi connectivity index (χ2v) is 4.62. The van der Waals surface area contributed by atoms with Crippen LogP contribution in [-0.2, 0) is 6.54 Å². The summed E-state index contributed by atoms with van der Waals surface area (Å²) in [6, 6.07) is 5.88. The van der Waals surface area contributed by atoms with Gasteiger partial charge in [-0.05, 0) is 37.3 Å². The Kier molecular flexibility index (Phi) is 3.78. The van der Waals surface area contributed by atoms with Crippen LogP contribution in [-0.4, -0.2) is 18.6 Å². The van der Waals surface area contributed by atoms with E-state index in [4.69, 9.17) is 4.74 Å². The van der Waals surface area contributed by atoms with Gasteiger partial charge < -0.3 is 10.1 Å². The summed E-state index contributed by atoms with van der Waals surface area (Å²) in [5.74, 6) is 2.45. The zero-order chi connectivity index (χ0) is 11.4. The molecular formula is C13H20N2O. The van der Waals surface area contributed by atoms with Crippen LogP contribution in [0.2, 0.25) is 0 Å². The highest BCUT2D eigenvalue weighted by Gasteiger charge is 2.27. The van der Waals surface area contributed by atoms with Crippen LogP contribution in [0, 0.1) is 11.8 Å². The first-order chi connectivity index (χ1) is 7.79. The molecule has 3 nitrogen and oxygen atoms in total. The minimum Gasteiger partial charge on any atom is -0.481 e. The zero-order valence-electron chi connectivity index (χ0n) is 10.1. The van der Waals surface area contributed by atoms with Crippen molar-refractivity contribution >= 4 is 0 Å². The van der Waals surface area contributed by atoms with Crippen molar-refractivity contribution in [3.8, 4) is 5.88 Å². The van der Waals surface area contributed by atoms with Gasteiger partial charge in [-0.15, -0.1) is 0 Å². The van der Waals surface area contributed by atoms with Gasteiger partial charge in [-0.3, -0.25) is 0 Å². The van der Waals surface area contributed by atoms with E-state index in [1.54, 1.807) is 7.11 Å². The molecule has 1 heterocycles. The van der Waals surface area contributed by atoms with Crippen LogP contribution in [0.1, 0.15) is 25.5 Å². The Morgan fingerprint density at radius 1 is 1.50 bits per heavy atom. The summed E-state index contributed by atoms with van der Waals surface area (Å²) >= 11 is 0. The van der Waals surface area contributed by atoms with Gasteiger partial charge in [-0.1, -0.05) is 13.0 Å². The van der Waals surface area contributed by atoms with Gasteiger partial charge >= 0.3 is 0 Å². The maximum absolute atomic E-state index is 5.09. The number of nitrogens with one attached hydrogen (secondary N) is 1. The molecule has 1 aromatic rings. The molecular weight excluding hydrogens is 200 g/mol. The molecule has 3 heteroatoms. The number of ether oxygens (including phenoxy) is 1. The third kappa shape index (κ3) is 3.20. The molecule has 0 aliphatic heterocycles. The highest BCUT2D eigenvalue weighted by Crippen LogP contribution is 2.36. The Balaban J connectivity index is 1.75. The third-order valence-electron chi connectivity index (χ3n) is 3.19. The first-order valence-corrected chi connectivity index (χ1v) is 6.00. The average Bonchev–Trinajstić information content (AvgIpc) is 3.13. The van der Waals surface area contributed by atoms with Crippen LogP contribution in [0.15, 0.2) is 18.2 Å². The fourth-order valence-corrected chi connectivity index (χ4v) is 1.93. The second kappa shape index (κ2) is 5.30. The first-order valence-electron chi connectivity index (χ1n) is 6.00. The summed E-state index contributed by atoms with van der Waals surface area (Å²) in [7, 11) is 1.65. The highest BCUT2D eigenvalue weighted by molar-refractivity contribution is 5.15. The summed E-state index contributed by atoms with van der Waals surface area (Å²) in [4.78, 5) is 4.36. The van der Waals surface area contributed by atoms with Crippen molar-refractivity contribution in [2.75, 3.05) is 13.7 Å². The number of hydrogen-bond donors (Lipinski definition) is 1. The molecule has 1 atom stereocenters. The average molecular weight is 220 g/mol. The van der Waals surface area contributed by atoms with Gasteiger partial charge in [0.05, 0.1) is 12.8 Å². The minimum absolute atomic E-state index is 0.689. The molecule has 0 radical (unpaired) electrons. The summed E-state index contributed by atoms with van der Waals surface area (Å²) in [5, 5.41) is 3.46. The molecule has 0 saturated heterocycles. The largest absolute Gasteiger partial charge is 0.481 e. The van der Waals surface area contributed by atoms with Crippen molar-refractivity contribution in [3.05, 3.63) is 23.9 Å². The Labute approximate surface area is 97.2 Å². The predicted octanol–water partition coefficient (Wildman–Crippen LogP) is 2.23. The molecule has 1 unspecified atom stereocenters. The van der Waals surface area contributed by atoms with Crippen LogP contribution >= 0.6 is 0 Å². The van der Waals surface area contributed by atoms with Crippen molar-refractivity contribution in [3.63, 3.8) is 0 Å². The number of aromatic nitrogens is 1. The lowest BCUT2D eigenvalue weighted by molar-refractivity contribution is 0.394. The van der Waals surface area contributed by atoms with E-state index in [9.17, 15) is 0 Å². The summed E-state index contributed by atoms with van der Waals surface area (Å²) < 4.78 is 5.09. The molecule has 1 aliphatic rings. The molecule has 88 valence electrons. The van der Waals surface area contributed by atoms with Crippen molar-refractivity contribution in [1.29, 1.82) is 0 Å². The monoisotopic (exact) mass is 220 g/mol. The van der Waals surface area contributed by atoms with Crippen LogP contribution in [0.4, 0.5) is 0 Å². The molecule has 1 aromatic heterocycles. The van der Waals surface area contributed by atoms with E-state index in [0.717, 1.165) is 30.6 Å². The number of nitrogens with zero attached hydrogens (tertiary/aromatic N) is 1. The number of hydrogen-bond acceptors (Lipinski definition) is 3. The summed E-state index contributed by atoms with van der Waals surface area (Å²) in [6.45, 7) is 4.24. The van der Waals surface area contributed by atoms with E-state index in [0.29, 0.717) is 5.88 Å². The first kappa shape index (κ1) is 11.4. The fourth-order valence-electron chi connectivity index (χ4n) is 1.93. The van der Waals surface area contributed by atoms with Gasteiger partial charge in [0, 0.05) is 12.6 Å². The molecule has 16 heavy (non-hydrogen) atoms. The van der Waals surface area contributed by atoms with Crippen molar-refractivity contribution in [2.24, 2.45) is 11.8 Å². The van der Waals surface area contributed by atoms with Crippen molar-refractivity contribution in [2.45, 2.75) is 26.3 Å². The zero-order valence-corrected chi connectivity index (χ0v) is 10.1. The third-order valence-corrected chi connectivity index (χ3v) is 3.19. The normalized spacial score (nSPS) is 17.1. The maximum atomic E-state index is 5.09. The lowest BCUT2D eigenvalue weighted by Gasteiger charge is -2.11. The molecule has 0 spiro atoms. The molecule has 0 bridgehead atoms. The molecule has 0 amide bonds. The smallest absolute Gasteiger partial charge is 0.213 e. The molecule has 1 N–H and O–H groups in total. The summed E-state index contributed by atoms with van der Waals surface area (Å²) in [5.41, 5.74) is 1.04. The fraction of sp³-hybridized carbons (Fsp3) is 0.615. The molecule has 0 aromatic carbocycles. The van der Waals surface area contributed by atoms with Crippen molar-refractivity contribution in [1.82, 2.24) is 10.3 Å². The van der Waals surface area contributed by atoms with Crippen LogP contribution in [0.25, 0.3) is 0 Å².